The van der Waals surface area contributed by atoms with Gasteiger partial charge in [-0.2, -0.15) is 0 Å². The van der Waals surface area contributed by atoms with Gasteiger partial charge in [-0.15, -0.1) is 0 Å². The van der Waals surface area contributed by atoms with Crippen molar-refractivity contribution >= 4 is 5.97 Å². The summed E-state index contributed by atoms with van der Waals surface area (Å²) in [4.78, 5) is 11.1. The molecule has 164 valence electrons. The average molecular weight is 407 g/mol. The van der Waals surface area contributed by atoms with E-state index in [9.17, 15) is 20.1 Å². The van der Waals surface area contributed by atoms with Gasteiger partial charge in [0, 0.05) is 18.8 Å². The number of rotatable bonds is 9. The predicted octanol–water partition coefficient (Wildman–Crippen LogP) is 3.36. The van der Waals surface area contributed by atoms with Crippen molar-refractivity contribution in [2.75, 3.05) is 7.11 Å². The number of carbonyl (C=O) groups excluding carboxylic acids is 1. The zero-order chi connectivity index (χ0) is 21.1. The van der Waals surface area contributed by atoms with E-state index >= 15 is 0 Å². The van der Waals surface area contributed by atoms with E-state index in [1.807, 2.05) is 12.2 Å². The van der Waals surface area contributed by atoms with Gasteiger partial charge in [0.15, 0.2) is 0 Å². The molecule has 3 N–H and O–H groups in total. The van der Waals surface area contributed by atoms with E-state index in [-0.39, 0.29) is 17.8 Å². The standard InChI is InChI=1S/C24H38O5/c1-29-24(28)12-8-3-2-7-11-20-21(23(27)17-22(20)26)16-15-19(25)14-13-18-9-5-4-6-10-18/h2,7,18-23,25-27H,3-6,8-14,17H2,1H3/b7-2+. The summed E-state index contributed by atoms with van der Waals surface area (Å²) in [5.74, 6) is 6.08. The Bertz CT molecular complexity index is 570. The Morgan fingerprint density at radius 2 is 1.93 bits per heavy atom. The second-order valence-corrected chi connectivity index (χ2v) is 8.62. The van der Waals surface area contributed by atoms with E-state index in [0.717, 1.165) is 25.2 Å². The number of unbranched alkanes of at least 4 members (excludes halogenated alkanes) is 1. The third-order valence-corrected chi connectivity index (χ3v) is 6.40. The molecule has 0 aromatic rings. The summed E-state index contributed by atoms with van der Waals surface area (Å²) in [5.41, 5.74) is 0. The van der Waals surface area contributed by atoms with Gasteiger partial charge in [-0.1, -0.05) is 56.1 Å². The number of carbonyl (C=O) groups is 1. The number of hydrogen-bond acceptors (Lipinski definition) is 5. The average Bonchev–Trinajstić information content (AvgIpc) is 3.00. The highest BCUT2D eigenvalue weighted by Crippen LogP contribution is 2.35. The van der Waals surface area contributed by atoms with Crippen LogP contribution in [0.1, 0.15) is 77.0 Å². The van der Waals surface area contributed by atoms with E-state index in [4.69, 9.17) is 0 Å². The first-order valence-electron chi connectivity index (χ1n) is 11.3. The predicted molar refractivity (Wildman–Crippen MR) is 113 cm³/mol. The molecule has 0 aromatic carbocycles. The summed E-state index contributed by atoms with van der Waals surface area (Å²) in [6, 6.07) is 0. The Morgan fingerprint density at radius 1 is 1.17 bits per heavy atom. The zero-order valence-corrected chi connectivity index (χ0v) is 17.8. The number of esters is 1. The van der Waals surface area contributed by atoms with Crippen LogP contribution in [0.2, 0.25) is 0 Å². The summed E-state index contributed by atoms with van der Waals surface area (Å²) in [6.45, 7) is 0. The second kappa shape index (κ2) is 13.1. The van der Waals surface area contributed by atoms with Crippen LogP contribution in [0.4, 0.5) is 0 Å². The molecule has 0 aliphatic heterocycles. The van der Waals surface area contributed by atoms with Crippen LogP contribution in [0.3, 0.4) is 0 Å². The lowest BCUT2D eigenvalue weighted by atomic mass is 9.85. The minimum absolute atomic E-state index is 0.125. The molecule has 2 fully saturated rings. The summed E-state index contributed by atoms with van der Waals surface area (Å²) < 4.78 is 4.62. The van der Waals surface area contributed by atoms with Gasteiger partial charge < -0.3 is 20.1 Å². The van der Waals surface area contributed by atoms with Crippen molar-refractivity contribution in [3.8, 4) is 11.8 Å². The number of aliphatic hydroxyl groups excluding tert-OH is 3. The summed E-state index contributed by atoms with van der Waals surface area (Å²) in [6.07, 6.45) is 13.2. The molecule has 5 unspecified atom stereocenters. The molecule has 2 rings (SSSR count). The Hall–Kier alpha value is -1.35. The molecule has 0 spiro atoms. The van der Waals surface area contributed by atoms with E-state index in [0.29, 0.717) is 25.7 Å². The third-order valence-electron chi connectivity index (χ3n) is 6.40. The van der Waals surface area contributed by atoms with Crippen LogP contribution < -0.4 is 0 Å². The van der Waals surface area contributed by atoms with Gasteiger partial charge in [0.05, 0.1) is 25.2 Å². The molecule has 2 aliphatic rings. The Kier molecular flexibility index (Phi) is 10.8. The van der Waals surface area contributed by atoms with Crippen molar-refractivity contribution in [2.24, 2.45) is 17.8 Å². The topological polar surface area (TPSA) is 87.0 Å². The molecule has 5 heteroatoms. The van der Waals surface area contributed by atoms with E-state index in [1.165, 1.54) is 39.2 Å². The molecule has 0 saturated heterocycles. The number of ether oxygens (including phenoxy) is 1. The van der Waals surface area contributed by atoms with E-state index in [2.05, 4.69) is 16.6 Å². The highest BCUT2D eigenvalue weighted by molar-refractivity contribution is 5.69. The lowest BCUT2D eigenvalue weighted by Gasteiger charge is -2.21. The second-order valence-electron chi connectivity index (χ2n) is 8.62. The fourth-order valence-electron chi connectivity index (χ4n) is 4.57. The van der Waals surface area contributed by atoms with Gasteiger partial charge in [-0.3, -0.25) is 4.79 Å². The highest BCUT2D eigenvalue weighted by Gasteiger charge is 2.40. The maximum absolute atomic E-state index is 11.1. The lowest BCUT2D eigenvalue weighted by molar-refractivity contribution is -0.140. The summed E-state index contributed by atoms with van der Waals surface area (Å²) >= 11 is 0. The zero-order valence-electron chi connectivity index (χ0n) is 17.8. The summed E-state index contributed by atoms with van der Waals surface area (Å²) in [5, 5.41) is 30.8. The normalized spacial score (nSPS) is 28.8. The van der Waals surface area contributed by atoms with Crippen LogP contribution in [-0.4, -0.2) is 46.7 Å². The van der Waals surface area contributed by atoms with Crippen molar-refractivity contribution in [1.29, 1.82) is 0 Å². The van der Waals surface area contributed by atoms with Crippen LogP contribution in [0, 0.1) is 29.6 Å². The fraction of sp³-hybridized carbons (Fsp3) is 0.792. The number of hydrogen-bond donors (Lipinski definition) is 3. The van der Waals surface area contributed by atoms with Crippen LogP contribution in [0.25, 0.3) is 0 Å². The largest absolute Gasteiger partial charge is 0.469 e. The Morgan fingerprint density at radius 3 is 2.66 bits per heavy atom. The minimum atomic E-state index is -0.656. The van der Waals surface area contributed by atoms with Gasteiger partial charge in [0.25, 0.3) is 0 Å². The first-order chi connectivity index (χ1) is 14.0. The number of allylic oxidation sites excluding steroid dienone is 2. The van der Waals surface area contributed by atoms with Crippen LogP contribution >= 0.6 is 0 Å². The summed E-state index contributed by atoms with van der Waals surface area (Å²) in [7, 11) is 1.39. The Labute approximate surface area is 175 Å². The van der Waals surface area contributed by atoms with Gasteiger partial charge in [-0.25, -0.2) is 0 Å². The minimum Gasteiger partial charge on any atom is -0.469 e. The molecule has 0 bridgehead atoms. The molecular weight excluding hydrogens is 368 g/mol. The first kappa shape index (κ1) is 23.9. The van der Waals surface area contributed by atoms with Crippen molar-refractivity contribution in [3.63, 3.8) is 0 Å². The van der Waals surface area contributed by atoms with Crippen molar-refractivity contribution in [2.45, 2.75) is 95.4 Å². The molecule has 5 atom stereocenters. The van der Waals surface area contributed by atoms with E-state index < -0.39 is 18.3 Å². The molecule has 0 amide bonds. The molecular formula is C24H38O5. The van der Waals surface area contributed by atoms with E-state index in [1.54, 1.807) is 0 Å². The SMILES string of the molecule is COC(=O)CCC/C=C/CC1C(O)CC(O)C1C#CC(O)CCC1CCCCC1. The quantitative estimate of drug-likeness (QED) is 0.237. The molecule has 5 nitrogen and oxygen atoms in total. The van der Waals surface area contributed by atoms with Crippen molar-refractivity contribution in [3.05, 3.63) is 12.2 Å². The lowest BCUT2D eigenvalue weighted by Crippen LogP contribution is -2.21. The molecule has 0 heterocycles. The number of aliphatic hydroxyl groups is 3. The third kappa shape index (κ3) is 8.50. The van der Waals surface area contributed by atoms with Crippen LogP contribution in [0.15, 0.2) is 12.2 Å². The fourth-order valence-corrected chi connectivity index (χ4v) is 4.57. The van der Waals surface area contributed by atoms with Crippen molar-refractivity contribution in [1.82, 2.24) is 0 Å². The van der Waals surface area contributed by atoms with Gasteiger partial charge in [0.2, 0.25) is 0 Å². The monoisotopic (exact) mass is 406 g/mol. The Balaban J connectivity index is 1.78. The van der Waals surface area contributed by atoms with Crippen molar-refractivity contribution < 1.29 is 24.9 Å². The van der Waals surface area contributed by atoms with Gasteiger partial charge in [0.1, 0.15) is 6.10 Å². The maximum Gasteiger partial charge on any atom is 0.305 e. The first-order valence-corrected chi connectivity index (χ1v) is 11.3. The van der Waals surface area contributed by atoms with Gasteiger partial charge >= 0.3 is 5.97 Å². The molecule has 2 saturated carbocycles. The highest BCUT2D eigenvalue weighted by atomic mass is 16.5. The van der Waals surface area contributed by atoms with Crippen LogP contribution in [0.5, 0.6) is 0 Å². The molecule has 0 aromatic heterocycles. The number of methoxy groups -OCH3 is 1. The molecule has 0 radical (unpaired) electrons. The smallest absolute Gasteiger partial charge is 0.305 e. The molecule has 2 aliphatic carbocycles. The van der Waals surface area contributed by atoms with Gasteiger partial charge in [-0.05, 0) is 38.0 Å². The molecule has 29 heavy (non-hydrogen) atoms. The van der Waals surface area contributed by atoms with Crippen LogP contribution in [-0.2, 0) is 9.53 Å². The maximum atomic E-state index is 11.1.